The summed E-state index contributed by atoms with van der Waals surface area (Å²) < 4.78 is 5.62. The Hall–Kier alpha value is -3.39. The molecular weight excluding hydrogens is 448 g/mol. The van der Waals surface area contributed by atoms with Gasteiger partial charge in [-0.25, -0.2) is 9.59 Å². The standard InChI is InChI=1S/C27H32N2O6/c1-26(2,3)22(23(30)29-14-8-13-27(34,16-29)24(31)32)28-25(33)35-15-21-19-11-6-4-9-17(19)18-10-5-7-12-20(18)21/h4-7,9-12,21-22,34H,8,13-16H2,1-3H3,(H,28,33)(H,31,32). The summed E-state index contributed by atoms with van der Waals surface area (Å²) in [7, 11) is 0. The van der Waals surface area contributed by atoms with Crippen LogP contribution in [0.4, 0.5) is 4.79 Å². The van der Waals surface area contributed by atoms with E-state index in [0.717, 1.165) is 22.3 Å². The molecule has 4 rings (SSSR count). The molecule has 1 aliphatic carbocycles. The average Bonchev–Trinajstić information content (AvgIpc) is 3.14. The summed E-state index contributed by atoms with van der Waals surface area (Å²) >= 11 is 0. The Labute approximate surface area is 204 Å². The summed E-state index contributed by atoms with van der Waals surface area (Å²) in [6, 6.07) is 15.1. The Morgan fingerprint density at radius 1 is 1.09 bits per heavy atom. The number of piperidine rings is 1. The van der Waals surface area contributed by atoms with Crippen LogP contribution in [-0.4, -0.2) is 64.4 Å². The van der Waals surface area contributed by atoms with E-state index in [9.17, 15) is 24.6 Å². The van der Waals surface area contributed by atoms with Crippen molar-refractivity contribution in [3.8, 4) is 11.1 Å². The Bertz CT molecular complexity index is 1090. The molecule has 8 nitrogen and oxygen atoms in total. The molecule has 2 atom stereocenters. The van der Waals surface area contributed by atoms with Gasteiger partial charge in [-0.3, -0.25) is 4.79 Å². The van der Waals surface area contributed by atoms with Crippen LogP contribution in [0.5, 0.6) is 0 Å². The summed E-state index contributed by atoms with van der Waals surface area (Å²) in [6.45, 7) is 5.55. The Kier molecular flexibility index (Phi) is 6.60. The Morgan fingerprint density at radius 2 is 1.66 bits per heavy atom. The number of carbonyl (C=O) groups is 3. The van der Waals surface area contributed by atoms with Crippen LogP contribution in [0.1, 0.15) is 50.7 Å². The third-order valence-corrected chi connectivity index (χ3v) is 6.90. The lowest BCUT2D eigenvalue weighted by molar-refractivity contribution is -0.167. The molecule has 186 valence electrons. The molecule has 0 radical (unpaired) electrons. The molecular formula is C27H32N2O6. The van der Waals surface area contributed by atoms with Crippen molar-refractivity contribution >= 4 is 18.0 Å². The lowest BCUT2D eigenvalue weighted by Gasteiger charge is -2.40. The van der Waals surface area contributed by atoms with E-state index in [1.807, 2.05) is 57.2 Å². The van der Waals surface area contributed by atoms with Crippen molar-refractivity contribution < 1.29 is 29.3 Å². The van der Waals surface area contributed by atoms with Crippen LogP contribution in [-0.2, 0) is 14.3 Å². The van der Waals surface area contributed by atoms with Crippen LogP contribution >= 0.6 is 0 Å². The van der Waals surface area contributed by atoms with E-state index in [2.05, 4.69) is 17.4 Å². The highest BCUT2D eigenvalue weighted by atomic mass is 16.5. The fraction of sp³-hybridized carbons (Fsp3) is 0.444. The highest BCUT2D eigenvalue weighted by molar-refractivity contribution is 5.88. The number of fused-ring (bicyclic) bond motifs is 3. The van der Waals surface area contributed by atoms with Crippen molar-refractivity contribution in [3.05, 3.63) is 59.7 Å². The maximum absolute atomic E-state index is 13.3. The number of carbonyl (C=O) groups excluding carboxylic acids is 2. The first-order chi connectivity index (χ1) is 16.5. The SMILES string of the molecule is CC(C)(C)C(NC(=O)OCC1c2ccccc2-c2ccccc21)C(=O)N1CCCC(O)(C(=O)O)C1. The van der Waals surface area contributed by atoms with Gasteiger partial charge in [0, 0.05) is 12.5 Å². The summed E-state index contributed by atoms with van der Waals surface area (Å²) in [5.41, 5.74) is 1.77. The van der Waals surface area contributed by atoms with Crippen molar-refractivity contribution in [1.82, 2.24) is 10.2 Å². The van der Waals surface area contributed by atoms with Gasteiger partial charge in [-0.05, 0) is 40.5 Å². The number of benzene rings is 2. The fourth-order valence-corrected chi connectivity index (χ4v) is 4.99. The normalized spacial score (nSPS) is 20.5. The van der Waals surface area contributed by atoms with Crippen LogP contribution in [0.2, 0.25) is 0 Å². The maximum Gasteiger partial charge on any atom is 0.407 e. The first-order valence-corrected chi connectivity index (χ1v) is 11.9. The quantitative estimate of drug-likeness (QED) is 0.604. The zero-order chi connectivity index (χ0) is 25.4. The maximum atomic E-state index is 13.3. The monoisotopic (exact) mass is 480 g/mol. The number of amides is 2. The predicted octanol–water partition coefficient (Wildman–Crippen LogP) is 3.38. The van der Waals surface area contributed by atoms with Crippen molar-refractivity contribution in [2.75, 3.05) is 19.7 Å². The van der Waals surface area contributed by atoms with Crippen LogP contribution in [0.3, 0.4) is 0 Å². The molecule has 0 spiro atoms. The minimum absolute atomic E-state index is 0.0755. The number of carboxylic acid groups (broad SMARTS) is 1. The van der Waals surface area contributed by atoms with Gasteiger partial charge in [0.25, 0.3) is 0 Å². The van der Waals surface area contributed by atoms with E-state index in [4.69, 9.17) is 4.74 Å². The molecule has 35 heavy (non-hydrogen) atoms. The van der Waals surface area contributed by atoms with E-state index < -0.39 is 35.0 Å². The smallest absolute Gasteiger partial charge is 0.407 e. The second-order valence-corrected chi connectivity index (χ2v) is 10.5. The van der Waals surface area contributed by atoms with Gasteiger partial charge in [0.05, 0.1) is 6.54 Å². The van der Waals surface area contributed by atoms with Crippen molar-refractivity contribution in [2.45, 2.75) is 51.2 Å². The number of aliphatic carboxylic acids is 1. The molecule has 3 N–H and O–H groups in total. The number of nitrogens with one attached hydrogen (secondary N) is 1. The van der Waals surface area contributed by atoms with Crippen molar-refractivity contribution in [2.24, 2.45) is 5.41 Å². The molecule has 1 saturated heterocycles. The molecule has 2 unspecified atom stereocenters. The van der Waals surface area contributed by atoms with Gasteiger partial charge in [-0.1, -0.05) is 69.3 Å². The van der Waals surface area contributed by atoms with Gasteiger partial charge < -0.3 is 25.2 Å². The number of likely N-dealkylation sites (tertiary alicyclic amines) is 1. The van der Waals surface area contributed by atoms with E-state index >= 15 is 0 Å². The van der Waals surface area contributed by atoms with E-state index in [-0.39, 0.29) is 25.5 Å². The first kappa shape index (κ1) is 24.7. The summed E-state index contributed by atoms with van der Waals surface area (Å²) in [5.74, 6) is -1.90. The first-order valence-electron chi connectivity index (χ1n) is 11.9. The summed E-state index contributed by atoms with van der Waals surface area (Å²) in [5, 5.41) is 22.5. The second-order valence-electron chi connectivity index (χ2n) is 10.5. The largest absolute Gasteiger partial charge is 0.479 e. The summed E-state index contributed by atoms with van der Waals surface area (Å²) in [4.78, 5) is 39.0. The number of aliphatic hydroxyl groups is 1. The average molecular weight is 481 g/mol. The second kappa shape index (κ2) is 9.34. The number of rotatable bonds is 5. The summed E-state index contributed by atoms with van der Waals surface area (Å²) in [6.07, 6.45) is -0.284. The number of alkyl carbamates (subject to hydrolysis) is 1. The molecule has 2 aromatic carbocycles. The lowest BCUT2D eigenvalue weighted by atomic mass is 9.84. The molecule has 8 heteroatoms. The lowest BCUT2D eigenvalue weighted by Crippen LogP contribution is -2.61. The number of ether oxygens (including phenoxy) is 1. The van der Waals surface area contributed by atoms with Crippen molar-refractivity contribution in [3.63, 3.8) is 0 Å². The Morgan fingerprint density at radius 3 is 2.20 bits per heavy atom. The topological polar surface area (TPSA) is 116 Å². The third-order valence-electron chi connectivity index (χ3n) is 6.90. The molecule has 1 aliphatic heterocycles. The van der Waals surface area contributed by atoms with Gasteiger partial charge in [-0.2, -0.15) is 0 Å². The zero-order valence-corrected chi connectivity index (χ0v) is 20.3. The van der Waals surface area contributed by atoms with Crippen LogP contribution in [0.15, 0.2) is 48.5 Å². The highest BCUT2D eigenvalue weighted by Gasteiger charge is 2.45. The fourth-order valence-electron chi connectivity index (χ4n) is 4.99. The molecule has 2 amide bonds. The highest BCUT2D eigenvalue weighted by Crippen LogP contribution is 2.44. The molecule has 1 fully saturated rings. The molecule has 1 heterocycles. The minimum atomic E-state index is -1.99. The molecule has 0 bridgehead atoms. The number of carboxylic acids is 1. The van der Waals surface area contributed by atoms with Crippen molar-refractivity contribution in [1.29, 1.82) is 0 Å². The van der Waals surface area contributed by atoms with Gasteiger partial charge in [0.1, 0.15) is 12.6 Å². The van der Waals surface area contributed by atoms with E-state index in [1.54, 1.807) is 0 Å². The number of nitrogens with zero attached hydrogens (tertiary/aromatic N) is 1. The number of hydrogen-bond acceptors (Lipinski definition) is 5. The zero-order valence-electron chi connectivity index (χ0n) is 20.3. The number of β-amino-alcohol motifs (C(OH)–C–C–N with tert-alkyl or cyclic N) is 1. The van der Waals surface area contributed by atoms with Crippen LogP contribution in [0.25, 0.3) is 11.1 Å². The van der Waals surface area contributed by atoms with Crippen LogP contribution in [0, 0.1) is 5.41 Å². The third kappa shape index (κ3) is 4.89. The van der Waals surface area contributed by atoms with E-state index in [0.29, 0.717) is 13.0 Å². The van der Waals surface area contributed by atoms with Gasteiger partial charge in [-0.15, -0.1) is 0 Å². The minimum Gasteiger partial charge on any atom is -0.479 e. The molecule has 0 saturated carbocycles. The number of hydrogen-bond donors (Lipinski definition) is 3. The van der Waals surface area contributed by atoms with E-state index in [1.165, 1.54) is 4.90 Å². The Balaban J connectivity index is 1.46. The van der Waals surface area contributed by atoms with Gasteiger partial charge >= 0.3 is 12.1 Å². The molecule has 2 aromatic rings. The van der Waals surface area contributed by atoms with Gasteiger partial charge in [0.2, 0.25) is 5.91 Å². The van der Waals surface area contributed by atoms with Gasteiger partial charge in [0.15, 0.2) is 5.60 Å². The predicted molar refractivity (Wildman–Crippen MR) is 130 cm³/mol. The van der Waals surface area contributed by atoms with Crippen LogP contribution < -0.4 is 5.32 Å². The molecule has 2 aliphatic rings. The molecule has 0 aromatic heterocycles.